The van der Waals surface area contributed by atoms with E-state index in [1.807, 2.05) is 6.07 Å². The lowest BCUT2D eigenvalue weighted by Crippen LogP contribution is -2.28. The van der Waals surface area contributed by atoms with Crippen molar-refractivity contribution < 1.29 is 17.6 Å². The number of carbonyl (C=O) groups is 1. The monoisotopic (exact) mass is 387 g/mol. The van der Waals surface area contributed by atoms with Crippen LogP contribution in [0.3, 0.4) is 0 Å². The summed E-state index contributed by atoms with van der Waals surface area (Å²) in [5, 5.41) is 11.6. The van der Waals surface area contributed by atoms with Crippen LogP contribution in [0.4, 0.5) is 0 Å². The van der Waals surface area contributed by atoms with Crippen molar-refractivity contribution in [3.63, 3.8) is 0 Å². The SMILES string of the molecule is Cc1oc(C(=O)N[C@@H](C)c2ccc(C#N)cc2)cc1S(=O)(=O)N1CCCC1. The van der Waals surface area contributed by atoms with Gasteiger partial charge in [-0.2, -0.15) is 9.57 Å². The molecule has 142 valence electrons. The van der Waals surface area contributed by atoms with Crippen LogP contribution in [0.1, 0.15) is 53.2 Å². The number of hydrogen-bond acceptors (Lipinski definition) is 5. The van der Waals surface area contributed by atoms with Crippen molar-refractivity contribution in [2.24, 2.45) is 0 Å². The second kappa shape index (κ2) is 7.55. The van der Waals surface area contributed by atoms with E-state index < -0.39 is 15.9 Å². The van der Waals surface area contributed by atoms with E-state index >= 15 is 0 Å². The fourth-order valence-corrected chi connectivity index (χ4v) is 4.78. The zero-order chi connectivity index (χ0) is 19.6. The third-order valence-electron chi connectivity index (χ3n) is 4.67. The molecule has 0 aliphatic carbocycles. The molecule has 8 heteroatoms. The molecule has 2 heterocycles. The first-order valence-corrected chi connectivity index (χ1v) is 10.2. The van der Waals surface area contributed by atoms with Gasteiger partial charge in [0.2, 0.25) is 10.0 Å². The highest BCUT2D eigenvalue weighted by molar-refractivity contribution is 7.89. The molecule has 1 aliphatic heterocycles. The highest BCUT2D eigenvalue weighted by atomic mass is 32.2. The Labute approximate surface area is 158 Å². The third-order valence-corrected chi connectivity index (χ3v) is 6.67. The van der Waals surface area contributed by atoms with E-state index in [1.165, 1.54) is 10.4 Å². The predicted octanol–water partition coefficient (Wildman–Crippen LogP) is 2.74. The molecule has 27 heavy (non-hydrogen) atoms. The van der Waals surface area contributed by atoms with Gasteiger partial charge in [0.15, 0.2) is 5.76 Å². The number of rotatable bonds is 5. The van der Waals surface area contributed by atoms with Crippen LogP contribution in [0, 0.1) is 18.3 Å². The van der Waals surface area contributed by atoms with Gasteiger partial charge in [-0.05, 0) is 44.4 Å². The quantitative estimate of drug-likeness (QED) is 0.850. The van der Waals surface area contributed by atoms with Gasteiger partial charge in [0, 0.05) is 19.2 Å². The maximum absolute atomic E-state index is 12.7. The van der Waals surface area contributed by atoms with Gasteiger partial charge < -0.3 is 9.73 Å². The Hall–Kier alpha value is -2.63. The fraction of sp³-hybridized carbons (Fsp3) is 0.368. The molecule has 1 atom stereocenters. The van der Waals surface area contributed by atoms with Gasteiger partial charge >= 0.3 is 0 Å². The van der Waals surface area contributed by atoms with E-state index in [0.29, 0.717) is 18.7 Å². The number of amides is 1. The van der Waals surface area contributed by atoms with Crippen molar-refractivity contribution in [3.05, 3.63) is 53.0 Å². The second-order valence-electron chi connectivity index (χ2n) is 6.57. The molecule has 1 fully saturated rings. The smallest absolute Gasteiger partial charge is 0.287 e. The Morgan fingerprint density at radius 3 is 2.48 bits per heavy atom. The molecule has 0 unspecified atom stereocenters. The maximum Gasteiger partial charge on any atom is 0.287 e. The third kappa shape index (κ3) is 3.89. The van der Waals surface area contributed by atoms with Crippen LogP contribution >= 0.6 is 0 Å². The van der Waals surface area contributed by atoms with Crippen LogP contribution in [0.2, 0.25) is 0 Å². The molecule has 1 aromatic heterocycles. The van der Waals surface area contributed by atoms with Crippen LogP contribution in [-0.2, 0) is 10.0 Å². The van der Waals surface area contributed by atoms with E-state index in [4.69, 9.17) is 9.68 Å². The van der Waals surface area contributed by atoms with Gasteiger partial charge in [-0.15, -0.1) is 0 Å². The maximum atomic E-state index is 12.7. The summed E-state index contributed by atoms with van der Waals surface area (Å²) in [6.07, 6.45) is 1.68. The van der Waals surface area contributed by atoms with Crippen molar-refractivity contribution in [2.45, 2.75) is 37.6 Å². The first-order valence-electron chi connectivity index (χ1n) is 8.74. The second-order valence-corrected chi connectivity index (χ2v) is 8.48. The average Bonchev–Trinajstić information content (AvgIpc) is 3.32. The Balaban J connectivity index is 1.76. The molecule has 0 saturated carbocycles. The summed E-state index contributed by atoms with van der Waals surface area (Å²) in [4.78, 5) is 12.5. The van der Waals surface area contributed by atoms with Gasteiger partial charge in [-0.1, -0.05) is 12.1 Å². The topological polar surface area (TPSA) is 103 Å². The van der Waals surface area contributed by atoms with E-state index in [2.05, 4.69) is 5.32 Å². The average molecular weight is 387 g/mol. The largest absolute Gasteiger partial charge is 0.455 e. The number of aryl methyl sites for hydroxylation is 1. The summed E-state index contributed by atoms with van der Waals surface area (Å²) in [6, 6.07) is 9.89. The minimum absolute atomic E-state index is 0.0363. The van der Waals surface area contributed by atoms with Crippen molar-refractivity contribution >= 4 is 15.9 Å². The summed E-state index contributed by atoms with van der Waals surface area (Å²) in [7, 11) is -3.64. The number of nitrogens with zero attached hydrogens (tertiary/aromatic N) is 2. The number of nitriles is 1. The Kier molecular flexibility index (Phi) is 5.35. The van der Waals surface area contributed by atoms with E-state index in [1.54, 1.807) is 38.1 Å². The molecule has 1 saturated heterocycles. The summed E-state index contributed by atoms with van der Waals surface area (Å²) < 4.78 is 32.3. The fourth-order valence-electron chi connectivity index (χ4n) is 3.10. The summed E-state index contributed by atoms with van der Waals surface area (Å²) in [6.45, 7) is 4.33. The Morgan fingerprint density at radius 1 is 1.26 bits per heavy atom. The molecule has 0 radical (unpaired) electrons. The predicted molar refractivity (Wildman–Crippen MR) is 98.5 cm³/mol. The molecule has 2 aromatic rings. The highest BCUT2D eigenvalue weighted by Crippen LogP contribution is 2.26. The summed E-state index contributed by atoms with van der Waals surface area (Å²) in [5.74, 6) is -0.318. The van der Waals surface area contributed by atoms with Crippen molar-refractivity contribution in [1.29, 1.82) is 5.26 Å². The molecular weight excluding hydrogens is 366 g/mol. The number of hydrogen-bond donors (Lipinski definition) is 1. The normalized spacial score (nSPS) is 16.0. The van der Waals surface area contributed by atoms with Crippen molar-refractivity contribution in [1.82, 2.24) is 9.62 Å². The van der Waals surface area contributed by atoms with Crippen molar-refractivity contribution in [2.75, 3.05) is 13.1 Å². The lowest BCUT2D eigenvalue weighted by molar-refractivity contribution is 0.0910. The number of carbonyl (C=O) groups excluding carboxylic acids is 1. The molecule has 3 rings (SSSR count). The number of furan rings is 1. The highest BCUT2D eigenvalue weighted by Gasteiger charge is 2.31. The Bertz CT molecular complexity index is 981. The van der Waals surface area contributed by atoms with Gasteiger partial charge in [0.05, 0.1) is 17.7 Å². The lowest BCUT2D eigenvalue weighted by Gasteiger charge is -2.14. The molecule has 1 aliphatic rings. The van der Waals surface area contributed by atoms with Gasteiger partial charge in [0.25, 0.3) is 5.91 Å². The molecule has 1 amide bonds. The summed E-state index contributed by atoms with van der Waals surface area (Å²) in [5.41, 5.74) is 1.37. The molecule has 7 nitrogen and oxygen atoms in total. The van der Waals surface area contributed by atoms with Crippen LogP contribution in [0.25, 0.3) is 0 Å². The zero-order valence-corrected chi connectivity index (χ0v) is 16.0. The molecule has 1 N–H and O–H groups in total. The standard InChI is InChI=1S/C19H21N3O4S/c1-13(16-7-5-15(12-20)6-8-16)21-19(23)17-11-18(14(2)26-17)27(24,25)22-9-3-4-10-22/h5-8,11,13H,3-4,9-10H2,1-2H3,(H,21,23)/t13-/m0/s1. The minimum atomic E-state index is -3.64. The van der Waals surface area contributed by atoms with E-state index in [-0.39, 0.29) is 22.5 Å². The van der Waals surface area contributed by atoms with Crippen molar-refractivity contribution in [3.8, 4) is 6.07 Å². The number of sulfonamides is 1. The van der Waals surface area contributed by atoms with Gasteiger partial charge in [-0.25, -0.2) is 8.42 Å². The number of nitrogens with one attached hydrogen (secondary N) is 1. The minimum Gasteiger partial charge on any atom is -0.455 e. The lowest BCUT2D eigenvalue weighted by atomic mass is 10.1. The molecular formula is C19H21N3O4S. The molecule has 0 bridgehead atoms. The van der Waals surface area contributed by atoms with Crippen LogP contribution < -0.4 is 5.32 Å². The molecule has 0 spiro atoms. The van der Waals surface area contributed by atoms with Crippen LogP contribution in [-0.4, -0.2) is 31.7 Å². The first-order chi connectivity index (χ1) is 12.8. The summed E-state index contributed by atoms with van der Waals surface area (Å²) >= 11 is 0. The van der Waals surface area contributed by atoms with Gasteiger partial charge in [0.1, 0.15) is 10.7 Å². The van der Waals surface area contributed by atoms with E-state index in [9.17, 15) is 13.2 Å². The van der Waals surface area contributed by atoms with Gasteiger partial charge in [-0.3, -0.25) is 4.79 Å². The molecule has 1 aromatic carbocycles. The van der Waals surface area contributed by atoms with Crippen LogP contribution in [0.15, 0.2) is 39.6 Å². The van der Waals surface area contributed by atoms with E-state index in [0.717, 1.165) is 18.4 Å². The zero-order valence-electron chi connectivity index (χ0n) is 15.2. The first kappa shape index (κ1) is 19.1. The number of benzene rings is 1. The Morgan fingerprint density at radius 2 is 1.89 bits per heavy atom. The van der Waals surface area contributed by atoms with Crippen LogP contribution in [0.5, 0.6) is 0 Å².